The third kappa shape index (κ3) is 4.82. The van der Waals surface area contributed by atoms with Crippen molar-refractivity contribution in [3.63, 3.8) is 0 Å². The summed E-state index contributed by atoms with van der Waals surface area (Å²) in [7, 11) is 6.82. The molecule has 1 aliphatic rings. The van der Waals surface area contributed by atoms with Gasteiger partial charge in [-0.1, -0.05) is 12.1 Å². The van der Waals surface area contributed by atoms with Crippen LogP contribution in [0.15, 0.2) is 72.3 Å². The van der Waals surface area contributed by atoms with E-state index in [4.69, 9.17) is 14.2 Å². The summed E-state index contributed by atoms with van der Waals surface area (Å²) in [6.45, 7) is 2.39. The van der Waals surface area contributed by atoms with Crippen LogP contribution in [0.5, 0.6) is 17.2 Å². The highest BCUT2D eigenvalue weighted by Crippen LogP contribution is 2.44. The zero-order valence-electron chi connectivity index (χ0n) is 21.5. The van der Waals surface area contributed by atoms with Gasteiger partial charge in [-0.05, 0) is 67.1 Å². The van der Waals surface area contributed by atoms with Crippen molar-refractivity contribution >= 4 is 28.8 Å². The third-order valence-corrected chi connectivity index (χ3v) is 6.26. The lowest BCUT2D eigenvalue weighted by atomic mass is 9.94. The van der Waals surface area contributed by atoms with Gasteiger partial charge < -0.3 is 24.2 Å². The number of anilines is 2. The molecule has 1 amide bonds. The van der Waals surface area contributed by atoms with E-state index in [0.717, 1.165) is 5.69 Å². The van der Waals surface area contributed by atoms with Gasteiger partial charge in [-0.15, -0.1) is 0 Å². The smallest absolute Gasteiger partial charge is 0.300 e. The number of ether oxygens (including phenoxy) is 3. The first-order valence-electron chi connectivity index (χ1n) is 11.8. The molecule has 37 heavy (non-hydrogen) atoms. The van der Waals surface area contributed by atoms with E-state index in [2.05, 4.69) is 0 Å². The van der Waals surface area contributed by atoms with E-state index < -0.39 is 17.7 Å². The first-order chi connectivity index (χ1) is 17.8. The van der Waals surface area contributed by atoms with Crippen LogP contribution in [0, 0.1) is 0 Å². The van der Waals surface area contributed by atoms with Crippen molar-refractivity contribution in [1.29, 1.82) is 0 Å². The molecule has 0 bridgehead atoms. The highest BCUT2D eigenvalue weighted by molar-refractivity contribution is 6.51. The van der Waals surface area contributed by atoms with Gasteiger partial charge in [0.05, 0.1) is 38.0 Å². The molecule has 0 saturated carbocycles. The largest absolute Gasteiger partial charge is 0.507 e. The molecule has 0 aromatic heterocycles. The van der Waals surface area contributed by atoms with Crippen LogP contribution in [0.3, 0.4) is 0 Å². The molecule has 8 nitrogen and oxygen atoms in total. The highest BCUT2D eigenvalue weighted by Gasteiger charge is 2.47. The molecule has 1 unspecified atom stereocenters. The van der Waals surface area contributed by atoms with E-state index in [0.29, 0.717) is 35.1 Å². The van der Waals surface area contributed by atoms with Gasteiger partial charge in [0.2, 0.25) is 0 Å². The van der Waals surface area contributed by atoms with Crippen molar-refractivity contribution in [3.8, 4) is 17.2 Å². The molecule has 1 aliphatic heterocycles. The predicted molar refractivity (Wildman–Crippen MR) is 143 cm³/mol. The summed E-state index contributed by atoms with van der Waals surface area (Å²) in [6.07, 6.45) is 0. The Morgan fingerprint density at radius 1 is 0.919 bits per heavy atom. The Labute approximate surface area is 216 Å². The topological polar surface area (TPSA) is 88.5 Å². The minimum absolute atomic E-state index is 0.0389. The van der Waals surface area contributed by atoms with Crippen LogP contribution in [-0.4, -0.2) is 51.7 Å². The first-order valence-corrected chi connectivity index (χ1v) is 11.8. The Morgan fingerprint density at radius 2 is 1.57 bits per heavy atom. The molecule has 1 atom stereocenters. The summed E-state index contributed by atoms with van der Waals surface area (Å²) < 4.78 is 16.3. The zero-order valence-corrected chi connectivity index (χ0v) is 21.5. The molecular formula is C29H30N2O6. The third-order valence-electron chi connectivity index (χ3n) is 6.26. The summed E-state index contributed by atoms with van der Waals surface area (Å²) in [4.78, 5) is 30.3. The summed E-state index contributed by atoms with van der Waals surface area (Å²) >= 11 is 0. The molecular weight excluding hydrogens is 472 g/mol. The van der Waals surface area contributed by atoms with Crippen LogP contribution in [0.1, 0.15) is 24.1 Å². The van der Waals surface area contributed by atoms with Crippen molar-refractivity contribution in [3.05, 3.63) is 83.4 Å². The molecule has 1 heterocycles. The quantitative estimate of drug-likeness (QED) is 0.269. The molecule has 0 radical (unpaired) electrons. The van der Waals surface area contributed by atoms with Crippen molar-refractivity contribution in [2.75, 3.05) is 44.7 Å². The molecule has 3 aromatic carbocycles. The van der Waals surface area contributed by atoms with Crippen molar-refractivity contribution in [1.82, 2.24) is 0 Å². The average molecular weight is 503 g/mol. The highest BCUT2D eigenvalue weighted by atomic mass is 16.5. The molecule has 1 N–H and O–H groups in total. The van der Waals surface area contributed by atoms with E-state index in [9.17, 15) is 14.7 Å². The van der Waals surface area contributed by atoms with E-state index in [1.54, 1.807) is 42.5 Å². The van der Waals surface area contributed by atoms with E-state index >= 15 is 0 Å². The van der Waals surface area contributed by atoms with E-state index in [-0.39, 0.29) is 16.9 Å². The summed E-state index contributed by atoms with van der Waals surface area (Å²) in [5.41, 5.74) is 2.34. The first kappa shape index (κ1) is 25.6. The van der Waals surface area contributed by atoms with Gasteiger partial charge in [-0.25, -0.2) is 0 Å². The standard InChI is InChI=1S/C29H30N2O6/c1-6-37-21-13-11-20(12-14-21)31-26(18-7-9-19(10-8-18)30(2)3)25(28(33)29(31)34)27(32)23-17-22(35-4)15-16-24(23)36-5/h7-17,26,32H,6H2,1-5H3/b27-25+. The number of methoxy groups -OCH3 is 2. The van der Waals surface area contributed by atoms with Crippen LogP contribution < -0.4 is 24.0 Å². The molecule has 8 heteroatoms. The lowest BCUT2D eigenvalue weighted by Crippen LogP contribution is -2.29. The molecule has 1 fully saturated rings. The van der Waals surface area contributed by atoms with Crippen LogP contribution in [0.4, 0.5) is 11.4 Å². The summed E-state index contributed by atoms with van der Waals surface area (Å²) in [6, 6.07) is 18.5. The SMILES string of the molecule is CCOc1ccc(N2C(=O)C(=O)/C(=C(/O)c3cc(OC)ccc3OC)C2c2ccc(N(C)C)cc2)cc1. The second kappa shape index (κ2) is 10.7. The lowest BCUT2D eigenvalue weighted by molar-refractivity contribution is -0.132. The number of nitrogens with zero attached hydrogens (tertiary/aromatic N) is 2. The Kier molecular flexibility index (Phi) is 7.38. The zero-order chi connectivity index (χ0) is 26.7. The fourth-order valence-electron chi connectivity index (χ4n) is 4.38. The predicted octanol–water partition coefficient (Wildman–Crippen LogP) is 4.79. The maximum absolute atomic E-state index is 13.5. The van der Waals surface area contributed by atoms with Crippen molar-refractivity contribution in [2.24, 2.45) is 0 Å². The number of hydrogen-bond acceptors (Lipinski definition) is 7. The minimum Gasteiger partial charge on any atom is -0.507 e. The van der Waals surface area contributed by atoms with Crippen LogP contribution >= 0.6 is 0 Å². The van der Waals surface area contributed by atoms with Gasteiger partial charge in [-0.3, -0.25) is 14.5 Å². The molecule has 4 rings (SSSR count). The number of carbonyl (C=O) groups excluding carboxylic acids is 2. The molecule has 0 spiro atoms. The van der Waals surface area contributed by atoms with Gasteiger partial charge in [0.1, 0.15) is 23.0 Å². The number of ketones is 1. The molecule has 3 aromatic rings. The van der Waals surface area contributed by atoms with E-state index in [1.165, 1.54) is 19.1 Å². The lowest BCUT2D eigenvalue weighted by Gasteiger charge is -2.26. The number of benzene rings is 3. The number of aliphatic hydroxyl groups is 1. The van der Waals surface area contributed by atoms with Gasteiger partial charge >= 0.3 is 0 Å². The molecule has 192 valence electrons. The maximum atomic E-state index is 13.5. The molecule has 1 saturated heterocycles. The molecule has 0 aliphatic carbocycles. The van der Waals surface area contributed by atoms with Gasteiger partial charge in [0.15, 0.2) is 0 Å². The number of amides is 1. The van der Waals surface area contributed by atoms with Crippen molar-refractivity contribution < 1.29 is 28.9 Å². The van der Waals surface area contributed by atoms with Gasteiger partial charge in [0.25, 0.3) is 11.7 Å². The number of hydrogen-bond donors (Lipinski definition) is 1. The monoisotopic (exact) mass is 502 g/mol. The second-order valence-corrected chi connectivity index (χ2v) is 8.65. The van der Waals surface area contributed by atoms with Crippen LogP contribution in [0.25, 0.3) is 5.76 Å². The van der Waals surface area contributed by atoms with Gasteiger partial charge in [-0.2, -0.15) is 0 Å². The summed E-state index contributed by atoms with van der Waals surface area (Å²) in [5.74, 6) is -0.422. The Morgan fingerprint density at radius 3 is 2.14 bits per heavy atom. The van der Waals surface area contributed by atoms with E-state index in [1.807, 2.05) is 50.2 Å². The Balaban J connectivity index is 1.93. The number of rotatable bonds is 8. The van der Waals surface area contributed by atoms with Gasteiger partial charge in [0, 0.05) is 25.5 Å². The fraction of sp³-hybridized carbons (Fsp3) is 0.241. The van der Waals surface area contributed by atoms with Crippen LogP contribution in [0.2, 0.25) is 0 Å². The number of aliphatic hydroxyl groups excluding tert-OH is 1. The normalized spacial score (nSPS) is 16.6. The second-order valence-electron chi connectivity index (χ2n) is 8.65. The Bertz CT molecular complexity index is 1330. The maximum Gasteiger partial charge on any atom is 0.300 e. The van der Waals surface area contributed by atoms with Crippen LogP contribution in [-0.2, 0) is 9.59 Å². The summed E-state index contributed by atoms with van der Waals surface area (Å²) in [5, 5.41) is 11.5. The minimum atomic E-state index is -0.870. The number of Topliss-reactive ketones (excluding diaryl/α,β-unsaturated/α-hetero) is 1. The van der Waals surface area contributed by atoms with Crippen molar-refractivity contribution in [2.45, 2.75) is 13.0 Å². The average Bonchev–Trinajstić information content (AvgIpc) is 3.18. The number of carbonyl (C=O) groups is 2. The Hall–Kier alpha value is -4.46. The fourth-order valence-corrected chi connectivity index (χ4v) is 4.38.